The summed E-state index contributed by atoms with van der Waals surface area (Å²) in [5, 5.41) is 10.7. The molecule has 0 saturated carbocycles. The predicted octanol–water partition coefficient (Wildman–Crippen LogP) is 1.17. The van der Waals surface area contributed by atoms with Gasteiger partial charge >= 0.3 is 6.03 Å². The maximum atomic E-state index is 11.5. The van der Waals surface area contributed by atoms with Crippen LogP contribution in [0.15, 0.2) is 29.4 Å². The SMILES string of the molecule is Cc1ccccc1-n1c(C)nnc1SCC(=O)NC(N)=O. The number of hydrogen-bond donors (Lipinski definition) is 2. The summed E-state index contributed by atoms with van der Waals surface area (Å²) in [6.07, 6.45) is 0. The number of primary amides is 1. The van der Waals surface area contributed by atoms with Crippen LogP contribution in [0.5, 0.6) is 0 Å². The van der Waals surface area contributed by atoms with E-state index in [2.05, 4.69) is 10.2 Å². The van der Waals surface area contributed by atoms with Crippen molar-refractivity contribution in [2.24, 2.45) is 5.73 Å². The maximum absolute atomic E-state index is 11.5. The zero-order valence-electron chi connectivity index (χ0n) is 11.7. The molecule has 7 nitrogen and oxygen atoms in total. The second-order valence-electron chi connectivity index (χ2n) is 4.35. The van der Waals surface area contributed by atoms with Gasteiger partial charge in [0.05, 0.1) is 11.4 Å². The highest BCUT2D eigenvalue weighted by Gasteiger charge is 2.14. The van der Waals surface area contributed by atoms with E-state index >= 15 is 0 Å². The summed E-state index contributed by atoms with van der Waals surface area (Å²) in [5.41, 5.74) is 6.92. The number of hydrogen-bond acceptors (Lipinski definition) is 5. The lowest BCUT2D eigenvalue weighted by molar-refractivity contribution is -0.117. The van der Waals surface area contributed by atoms with Gasteiger partial charge in [0.25, 0.3) is 0 Å². The Morgan fingerprint density at radius 1 is 1.29 bits per heavy atom. The lowest BCUT2D eigenvalue weighted by Gasteiger charge is -2.10. The van der Waals surface area contributed by atoms with Crippen LogP contribution >= 0.6 is 11.8 Å². The van der Waals surface area contributed by atoms with Crippen molar-refractivity contribution in [1.82, 2.24) is 20.1 Å². The van der Waals surface area contributed by atoms with Crippen LogP contribution in [0.2, 0.25) is 0 Å². The number of nitrogens with one attached hydrogen (secondary N) is 1. The molecule has 8 heteroatoms. The van der Waals surface area contributed by atoms with Crippen molar-refractivity contribution >= 4 is 23.7 Å². The highest BCUT2D eigenvalue weighted by Crippen LogP contribution is 2.23. The Kier molecular flexibility index (Phi) is 4.59. The van der Waals surface area contributed by atoms with Crippen LogP contribution in [0.3, 0.4) is 0 Å². The number of aromatic nitrogens is 3. The van der Waals surface area contributed by atoms with E-state index in [-0.39, 0.29) is 5.75 Å². The third-order valence-corrected chi connectivity index (χ3v) is 3.68. The Labute approximate surface area is 125 Å². The van der Waals surface area contributed by atoms with Crippen molar-refractivity contribution in [1.29, 1.82) is 0 Å². The number of carbonyl (C=O) groups is 2. The summed E-state index contributed by atoms with van der Waals surface area (Å²) in [5.74, 6) is 0.291. The van der Waals surface area contributed by atoms with Gasteiger partial charge < -0.3 is 5.73 Å². The van der Waals surface area contributed by atoms with E-state index in [1.54, 1.807) is 0 Å². The Morgan fingerprint density at radius 2 is 2.00 bits per heavy atom. The van der Waals surface area contributed by atoms with Crippen molar-refractivity contribution in [2.75, 3.05) is 5.75 Å². The van der Waals surface area contributed by atoms with E-state index in [4.69, 9.17) is 5.73 Å². The van der Waals surface area contributed by atoms with Crippen LogP contribution < -0.4 is 11.1 Å². The monoisotopic (exact) mass is 305 g/mol. The number of carbonyl (C=O) groups excluding carboxylic acids is 2. The second kappa shape index (κ2) is 6.40. The standard InChI is InChI=1S/C13H15N5O2S/c1-8-5-3-4-6-10(8)18-9(2)16-17-13(18)21-7-11(19)15-12(14)20/h3-6H,7H2,1-2H3,(H3,14,15,19,20). The first kappa shape index (κ1) is 15.0. The average Bonchev–Trinajstić information content (AvgIpc) is 2.77. The lowest BCUT2D eigenvalue weighted by atomic mass is 10.2. The van der Waals surface area contributed by atoms with Crippen LogP contribution in [0.25, 0.3) is 5.69 Å². The molecule has 0 bridgehead atoms. The van der Waals surface area contributed by atoms with Gasteiger partial charge in [-0.05, 0) is 25.5 Å². The molecule has 0 unspecified atom stereocenters. The quantitative estimate of drug-likeness (QED) is 0.825. The third-order valence-electron chi connectivity index (χ3n) is 2.75. The lowest BCUT2D eigenvalue weighted by Crippen LogP contribution is -2.36. The molecule has 3 N–H and O–H groups in total. The molecule has 1 aromatic heterocycles. The molecule has 0 atom stereocenters. The van der Waals surface area contributed by atoms with Gasteiger partial charge in [0.2, 0.25) is 5.91 Å². The molecule has 0 fully saturated rings. The summed E-state index contributed by atoms with van der Waals surface area (Å²) in [6.45, 7) is 3.83. The predicted molar refractivity (Wildman–Crippen MR) is 79.3 cm³/mol. The fourth-order valence-corrected chi connectivity index (χ4v) is 2.62. The first-order valence-corrected chi connectivity index (χ1v) is 7.17. The summed E-state index contributed by atoms with van der Waals surface area (Å²) < 4.78 is 1.87. The Balaban J connectivity index is 2.21. The molecular weight excluding hydrogens is 290 g/mol. The van der Waals surface area contributed by atoms with Crippen molar-refractivity contribution < 1.29 is 9.59 Å². The van der Waals surface area contributed by atoms with Crippen molar-refractivity contribution in [3.63, 3.8) is 0 Å². The number of nitrogens with zero attached hydrogens (tertiary/aromatic N) is 3. The molecule has 1 heterocycles. The van der Waals surface area contributed by atoms with Crippen molar-refractivity contribution in [3.8, 4) is 5.69 Å². The van der Waals surface area contributed by atoms with E-state index in [1.807, 2.05) is 48.0 Å². The maximum Gasteiger partial charge on any atom is 0.318 e. The molecule has 3 amide bonds. The van der Waals surface area contributed by atoms with Gasteiger partial charge in [-0.2, -0.15) is 0 Å². The molecule has 0 saturated heterocycles. The normalized spacial score (nSPS) is 10.4. The van der Waals surface area contributed by atoms with Gasteiger partial charge in [0.1, 0.15) is 5.82 Å². The average molecular weight is 305 g/mol. The van der Waals surface area contributed by atoms with Gasteiger partial charge in [-0.1, -0.05) is 30.0 Å². The number of urea groups is 1. The molecule has 0 aliphatic carbocycles. The van der Waals surface area contributed by atoms with Crippen LogP contribution in [-0.2, 0) is 4.79 Å². The molecule has 0 aliphatic rings. The summed E-state index contributed by atoms with van der Waals surface area (Å²) in [7, 11) is 0. The van der Waals surface area contributed by atoms with E-state index in [0.29, 0.717) is 5.16 Å². The molecule has 1 aromatic carbocycles. The minimum absolute atomic E-state index is 0.0347. The zero-order chi connectivity index (χ0) is 15.4. The largest absolute Gasteiger partial charge is 0.351 e. The van der Waals surface area contributed by atoms with Gasteiger partial charge in [-0.3, -0.25) is 14.7 Å². The van der Waals surface area contributed by atoms with E-state index in [1.165, 1.54) is 11.8 Å². The first-order chi connectivity index (χ1) is 9.99. The Morgan fingerprint density at radius 3 is 2.67 bits per heavy atom. The highest BCUT2D eigenvalue weighted by atomic mass is 32.2. The summed E-state index contributed by atoms with van der Waals surface area (Å²) in [4.78, 5) is 22.1. The van der Waals surface area contributed by atoms with Gasteiger partial charge in [-0.25, -0.2) is 4.79 Å². The fraction of sp³-hybridized carbons (Fsp3) is 0.231. The van der Waals surface area contributed by atoms with Crippen molar-refractivity contribution in [3.05, 3.63) is 35.7 Å². The number of thioether (sulfide) groups is 1. The van der Waals surface area contributed by atoms with E-state index < -0.39 is 11.9 Å². The Hall–Kier alpha value is -2.35. The van der Waals surface area contributed by atoms with E-state index in [9.17, 15) is 9.59 Å². The molecule has 0 radical (unpaired) electrons. The molecule has 0 spiro atoms. The van der Waals surface area contributed by atoms with Crippen LogP contribution in [0.1, 0.15) is 11.4 Å². The van der Waals surface area contributed by atoms with Crippen LogP contribution in [0.4, 0.5) is 4.79 Å². The van der Waals surface area contributed by atoms with Crippen molar-refractivity contribution in [2.45, 2.75) is 19.0 Å². The summed E-state index contributed by atoms with van der Waals surface area (Å²) in [6, 6.07) is 6.96. The zero-order valence-corrected chi connectivity index (χ0v) is 12.5. The first-order valence-electron chi connectivity index (χ1n) is 6.19. The number of para-hydroxylation sites is 1. The molecule has 2 rings (SSSR count). The minimum atomic E-state index is -0.864. The molecule has 0 aliphatic heterocycles. The number of rotatable bonds is 4. The van der Waals surface area contributed by atoms with Gasteiger partial charge in [0.15, 0.2) is 5.16 Å². The second-order valence-corrected chi connectivity index (χ2v) is 5.30. The highest BCUT2D eigenvalue weighted by molar-refractivity contribution is 7.99. The smallest absolute Gasteiger partial charge is 0.318 e. The van der Waals surface area contributed by atoms with Gasteiger partial charge in [0, 0.05) is 0 Å². The minimum Gasteiger partial charge on any atom is -0.351 e. The number of nitrogens with two attached hydrogens (primary N) is 1. The number of aryl methyl sites for hydroxylation is 2. The molecule has 110 valence electrons. The van der Waals surface area contributed by atoms with Crippen LogP contribution in [-0.4, -0.2) is 32.5 Å². The molecule has 21 heavy (non-hydrogen) atoms. The third kappa shape index (κ3) is 3.60. The fourth-order valence-electron chi connectivity index (χ4n) is 1.83. The molecule has 2 aromatic rings. The number of imide groups is 1. The van der Waals surface area contributed by atoms with E-state index in [0.717, 1.165) is 17.1 Å². The topological polar surface area (TPSA) is 103 Å². The van der Waals surface area contributed by atoms with Gasteiger partial charge in [-0.15, -0.1) is 10.2 Å². The number of benzene rings is 1. The number of amides is 3. The summed E-state index contributed by atoms with van der Waals surface area (Å²) >= 11 is 1.19. The Bertz CT molecular complexity index is 683. The van der Waals surface area contributed by atoms with Crippen LogP contribution in [0, 0.1) is 13.8 Å². The molecular formula is C13H15N5O2S.